The van der Waals surface area contributed by atoms with Crippen molar-refractivity contribution in [2.75, 3.05) is 6.61 Å². The zero-order valence-corrected chi connectivity index (χ0v) is 12.0. The number of ether oxygens (including phenoxy) is 1. The molecule has 1 saturated carbocycles. The summed E-state index contributed by atoms with van der Waals surface area (Å²) in [5.74, 6) is 1.43. The van der Waals surface area contributed by atoms with E-state index < -0.39 is 0 Å². The molecule has 0 amide bonds. The third kappa shape index (κ3) is 4.20. The van der Waals surface area contributed by atoms with Gasteiger partial charge < -0.3 is 10.5 Å². The Labute approximate surface area is 116 Å². The zero-order valence-electron chi connectivity index (χ0n) is 12.0. The van der Waals surface area contributed by atoms with Gasteiger partial charge in [-0.25, -0.2) is 0 Å². The Morgan fingerprint density at radius 3 is 2.58 bits per heavy atom. The molecule has 0 saturated heterocycles. The first kappa shape index (κ1) is 14.3. The van der Waals surface area contributed by atoms with Gasteiger partial charge in [-0.1, -0.05) is 32.1 Å². The molecule has 1 aliphatic carbocycles. The monoisotopic (exact) mass is 262 g/mol. The van der Waals surface area contributed by atoms with Gasteiger partial charge in [0.1, 0.15) is 5.75 Å². The van der Waals surface area contributed by atoms with E-state index in [-0.39, 0.29) is 6.04 Å². The molecule has 19 heavy (non-hydrogen) atoms. The van der Waals surface area contributed by atoms with Gasteiger partial charge >= 0.3 is 0 Å². The maximum atomic E-state index is 6.46. The Bertz CT molecular complexity index is 373. The van der Waals surface area contributed by atoms with Crippen LogP contribution in [-0.4, -0.2) is 11.6 Å². The van der Waals surface area contributed by atoms with Crippen LogP contribution in [0.25, 0.3) is 0 Å². The van der Waals surface area contributed by atoms with Crippen LogP contribution in [0.5, 0.6) is 5.75 Å². The summed E-state index contributed by atoms with van der Waals surface area (Å²) >= 11 is 0. The number of pyridine rings is 1. The van der Waals surface area contributed by atoms with Crippen molar-refractivity contribution in [3.8, 4) is 5.75 Å². The Kier molecular flexibility index (Phi) is 5.64. The SMILES string of the molecule is CCOc1cncc(C(N)C2CCCCCCC2)c1. The predicted octanol–water partition coefficient (Wildman–Crippen LogP) is 3.84. The first-order chi connectivity index (χ1) is 9.31. The van der Waals surface area contributed by atoms with Gasteiger partial charge in [0.25, 0.3) is 0 Å². The van der Waals surface area contributed by atoms with E-state index in [1.54, 1.807) is 6.20 Å². The summed E-state index contributed by atoms with van der Waals surface area (Å²) in [7, 11) is 0. The van der Waals surface area contributed by atoms with Crippen molar-refractivity contribution in [3.05, 3.63) is 24.0 Å². The van der Waals surface area contributed by atoms with Gasteiger partial charge in [-0.15, -0.1) is 0 Å². The lowest BCUT2D eigenvalue weighted by Gasteiger charge is -2.26. The minimum Gasteiger partial charge on any atom is -0.492 e. The Morgan fingerprint density at radius 1 is 1.21 bits per heavy atom. The summed E-state index contributed by atoms with van der Waals surface area (Å²) in [5, 5.41) is 0. The Hall–Kier alpha value is -1.09. The number of hydrogen-bond acceptors (Lipinski definition) is 3. The van der Waals surface area contributed by atoms with Crippen LogP contribution in [0, 0.1) is 5.92 Å². The Morgan fingerprint density at radius 2 is 1.89 bits per heavy atom. The molecule has 1 fully saturated rings. The van der Waals surface area contributed by atoms with Gasteiger partial charge in [0.15, 0.2) is 0 Å². The first-order valence-electron chi connectivity index (χ1n) is 7.64. The number of rotatable bonds is 4. The molecule has 3 heteroatoms. The molecule has 0 radical (unpaired) electrons. The fraction of sp³-hybridized carbons (Fsp3) is 0.688. The summed E-state index contributed by atoms with van der Waals surface area (Å²) in [6, 6.07) is 2.16. The summed E-state index contributed by atoms with van der Waals surface area (Å²) in [6.07, 6.45) is 12.9. The van der Waals surface area contributed by atoms with Crippen molar-refractivity contribution >= 4 is 0 Å². The van der Waals surface area contributed by atoms with Crippen LogP contribution in [0.15, 0.2) is 18.5 Å². The fourth-order valence-electron chi connectivity index (χ4n) is 2.98. The lowest BCUT2D eigenvalue weighted by atomic mass is 9.84. The average Bonchev–Trinajstić information content (AvgIpc) is 2.38. The molecule has 1 heterocycles. The molecule has 3 nitrogen and oxygen atoms in total. The molecule has 2 N–H and O–H groups in total. The topological polar surface area (TPSA) is 48.1 Å². The predicted molar refractivity (Wildman–Crippen MR) is 78.1 cm³/mol. The number of nitrogens with zero attached hydrogens (tertiary/aromatic N) is 1. The molecule has 0 aromatic carbocycles. The average molecular weight is 262 g/mol. The highest BCUT2D eigenvalue weighted by Crippen LogP contribution is 2.32. The quantitative estimate of drug-likeness (QED) is 0.896. The van der Waals surface area contributed by atoms with Gasteiger partial charge in [-0.2, -0.15) is 0 Å². The third-order valence-corrected chi connectivity index (χ3v) is 4.09. The summed E-state index contributed by atoms with van der Waals surface area (Å²) in [6.45, 7) is 2.66. The summed E-state index contributed by atoms with van der Waals surface area (Å²) < 4.78 is 5.51. The molecule has 0 aliphatic heterocycles. The highest BCUT2D eigenvalue weighted by Gasteiger charge is 2.20. The van der Waals surface area contributed by atoms with E-state index in [0.717, 1.165) is 11.3 Å². The molecule has 1 atom stereocenters. The number of nitrogens with two attached hydrogens (primary N) is 1. The van der Waals surface area contributed by atoms with Crippen molar-refractivity contribution in [2.24, 2.45) is 11.7 Å². The smallest absolute Gasteiger partial charge is 0.137 e. The molecule has 1 aromatic rings. The molecular formula is C16H26N2O. The van der Waals surface area contributed by atoms with E-state index in [1.807, 2.05) is 13.1 Å². The van der Waals surface area contributed by atoms with E-state index in [0.29, 0.717) is 12.5 Å². The number of hydrogen-bond donors (Lipinski definition) is 1. The highest BCUT2D eigenvalue weighted by molar-refractivity contribution is 5.26. The maximum absolute atomic E-state index is 6.46. The van der Waals surface area contributed by atoms with Gasteiger partial charge in [0.05, 0.1) is 12.8 Å². The standard InChI is InChI=1S/C16H26N2O/c1-2-19-15-10-14(11-18-12-15)16(17)13-8-6-4-3-5-7-9-13/h10-13,16H,2-9,17H2,1H3. The van der Waals surface area contributed by atoms with Crippen LogP contribution in [0.4, 0.5) is 0 Å². The molecule has 0 bridgehead atoms. The van der Waals surface area contributed by atoms with E-state index in [9.17, 15) is 0 Å². The van der Waals surface area contributed by atoms with E-state index in [4.69, 9.17) is 10.5 Å². The van der Waals surface area contributed by atoms with E-state index >= 15 is 0 Å². The van der Waals surface area contributed by atoms with Crippen molar-refractivity contribution in [2.45, 2.75) is 57.9 Å². The maximum Gasteiger partial charge on any atom is 0.137 e. The van der Waals surface area contributed by atoms with Gasteiger partial charge in [0, 0.05) is 12.2 Å². The zero-order chi connectivity index (χ0) is 13.5. The lowest BCUT2D eigenvalue weighted by molar-refractivity contribution is 0.321. The largest absolute Gasteiger partial charge is 0.492 e. The summed E-state index contributed by atoms with van der Waals surface area (Å²) in [5.41, 5.74) is 7.58. The van der Waals surface area contributed by atoms with Gasteiger partial charge in [0.2, 0.25) is 0 Å². The Balaban J connectivity index is 2.03. The second kappa shape index (κ2) is 7.49. The minimum absolute atomic E-state index is 0.103. The van der Waals surface area contributed by atoms with Crippen LogP contribution < -0.4 is 10.5 Å². The van der Waals surface area contributed by atoms with Gasteiger partial charge in [-0.3, -0.25) is 4.98 Å². The molecule has 1 aromatic heterocycles. The van der Waals surface area contributed by atoms with Crippen LogP contribution in [0.2, 0.25) is 0 Å². The number of aromatic nitrogens is 1. The van der Waals surface area contributed by atoms with Crippen molar-refractivity contribution in [3.63, 3.8) is 0 Å². The van der Waals surface area contributed by atoms with Crippen LogP contribution >= 0.6 is 0 Å². The molecule has 1 unspecified atom stereocenters. The molecule has 0 spiro atoms. The van der Waals surface area contributed by atoms with Crippen molar-refractivity contribution in [1.29, 1.82) is 0 Å². The van der Waals surface area contributed by atoms with Gasteiger partial charge in [-0.05, 0) is 37.3 Å². The second-order valence-electron chi connectivity index (χ2n) is 5.52. The molecule has 106 valence electrons. The minimum atomic E-state index is 0.103. The van der Waals surface area contributed by atoms with Crippen LogP contribution in [0.1, 0.15) is 63.5 Å². The van der Waals surface area contributed by atoms with Crippen LogP contribution in [0.3, 0.4) is 0 Å². The normalized spacial score (nSPS) is 19.5. The fourth-order valence-corrected chi connectivity index (χ4v) is 2.98. The highest BCUT2D eigenvalue weighted by atomic mass is 16.5. The lowest BCUT2D eigenvalue weighted by Crippen LogP contribution is -2.22. The van der Waals surface area contributed by atoms with Crippen molar-refractivity contribution < 1.29 is 4.74 Å². The molecular weight excluding hydrogens is 236 g/mol. The van der Waals surface area contributed by atoms with Crippen LogP contribution in [-0.2, 0) is 0 Å². The van der Waals surface area contributed by atoms with E-state index in [1.165, 1.54) is 44.9 Å². The third-order valence-electron chi connectivity index (χ3n) is 4.09. The molecule has 1 aliphatic rings. The molecule has 2 rings (SSSR count). The van der Waals surface area contributed by atoms with Crippen molar-refractivity contribution in [1.82, 2.24) is 4.98 Å². The first-order valence-corrected chi connectivity index (χ1v) is 7.64. The second-order valence-corrected chi connectivity index (χ2v) is 5.52. The summed E-state index contributed by atoms with van der Waals surface area (Å²) in [4.78, 5) is 4.26. The van der Waals surface area contributed by atoms with E-state index in [2.05, 4.69) is 11.1 Å².